The lowest BCUT2D eigenvalue weighted by Gasteiger charge is -2.14. The van der Waals surface area contributed by atoms with E-state index in [0.717, 1.165) is 12.1 Å². The van der Waals surface area contributed by atoms with Gasteiger partial charge in [0, 0.05) is 11.8 Å². The van der Waals surface area contributed by atoms with Crippen LogP contribution in [0.15, 0.2) is 83.8 Å². The first-order valence-corrected chi connectivity index (χ1v) is 9.83. The molecule has 3 aromatic carbocycles. The Balaban J connectivity index is 1.84. The van der Waals surface area contributed by atoms with Crippen molar-refractivity contribution in [1.82, 2.24) is 0 Å². The summed E-state index contributed by atoms with van der Waals surface area (Å²) in [5, 5.41) is 16.3. The van der Waals surface area contributed by atoms with Crippen LogP contribution in [-0.2, 0) is 10.0 Å². The van der Waals surface area contributed by atoms with Crippen LogP contribution < -0.4 is 15.4 Å². The smallest absolute Gasteiger partial charge is 0.308 e. The van der Waals surface area contributed by atoms with E-state index in [9.17, 15) is 23.3 Å². The summed E-state index contributed by atoms with van der Waals surface area (Å²) in [5.74, 6) is 0. The molecule has 0 aliphatic heterocycles. The summed E-state index contributed by atoms with van der Waals surface area (Å²) in [5.41, 5.74) is 0.257. The molecule has 3 aromatic rings. The number of nitrogens with one attached hydrogen (secondary N) is 3. The van der Waals surface area contributed by atoms with E-state index in [1.807, 2.05) is 0 Å². The highest BCUT2D eigenvalue weighted by molar-refractivity contribution is 7.92. The molecule has 0 unspecified atom stereocenters. The number of carbonyl (C=O) groups excluding carboxylic acids is 1. The third kappa shape index (κ3) is 4.87. The first-order valence-electron chi connectivity index (χ1n) is 8.35. The predicted molar refractivity (Wildman–Crippen MR) is 109 cm³/mol. The third-order valence-corrected chi connectivity index (χ3v) is 5.22. The van der Waals surface area contributed by atoms with Gasteiger partial charge in [-0.2, -0.15) is 0 Å². The summed E-state index contributed by atoms with van der Waals surface area (Å²) in [6.07, 6.45) is 0. The van der Waals surface area contributed by atoms with Gasteiger partial charge in [0.25, 0.3) is 15.7 Å². The summed E-state index contributed by atoms with van der Waals surface area (Å²) >= 11 is 0. The van der Waals surface area contributed by atoms with E-state index in [1.165, 1.54) is 24.3 Å². The number of hydrogen-bond donors (Lipinski definition) is 3. The second-order valence-corrected chi connectivity index (χ2v) is 7.47. The van der Waals surface area contributed by atoms with Crippen molar-refractivity contribution in [3.05, 3.63) is 89.0 Å². The molecular weight excluding hydrogens is 396 g/mol. The number of benzene rings is 3. The molecule has 9 nitrogen and oxygen atoms in total. The van der Waals surface area contributed by atoms with Gasteiger partial charge < -0.3 is 10.6 Å². The predicted octanol–water partition coefficient (Wildman–Crippen LogP) is 4.04. The number of nitro groups is 1. The van der Waals surface area contributed by atoms with Gasteiger partial charge in [0.15, 0.2) is 4.90 Å². The van der Waals surface area contributed by atoms with Crippen molar-refractivity contribution in [2.45, 2.75) is 4.90 Å². The SMILES string of the molecule is O=C(Nc1ccccc1)Nc1ccccc1NS(=O)(=O)c1ccccc1[N+](=O)[O-]. The van der Waals surface area contributed by atoms with Crippen molar-refractivity contribution in [2.24, 2.45) is 0 Å². The fraction of sp³-hybridized carbons (Fsp3) is 0. The number of hydrogen-bond acceptors (Lipinski definition) is 5. The van der Waals surface area contributed by atoms with E-state index in [1.54, 1.807) is 42.5 Å². The molecule has 3 rings (SSSR count). The highest BCUT2D eigenvalue weighted by atomic mass is 32.2. The largest absolute Gasteiger partial charge is 0.323 e. The highest BCUT2D eigenvalue weighted by Crippen LogP contribution is 2.28. The van der Waals surface area contributed by atoms with Crippen molar-refractivity contribution in [3.8, 4) is 0 Å². The average Bonchev–Trinajstić information content (AvgIpc) is 2.70. The fourth-order valence-corrected chi connectivity index (χ4v) is 3.78. The van der Waals surface area contributed by atoms with Crippen LogP contribution in [0.3, 0.4) is 0 Å². The molecule has 148 valence electrons. The molecule has 2 amide bonds. The van der Waals surface area contributed by atoms with Crippen LogP contribution >= 0.6 is 0 Å². The van der Waals surface area contributed by atoms with Gasteiger partial charge in [-0.25, -0.2) is 13.2 Å². The molecule has 0 fully saturated rings. The Morgan fingerprint density at radius 3 is 2.07 bits per heavy atom. The van der Waals surface area contributed by atoms with Crippen molar-refractivity contribution >= 4 is 38.8 Å². The van der Waals surface area contributed by atoms with Gasteiger partial charge in [0.05, 0.1) is 16.3 Å². The molecule has 0 aliphatic carbocycles. The highest BCUT2D eigenvalue weighted by Gasteiger charge is 2.26. The third-order valence-electron chi connectivity index (χ3n) is 3.80. The van der Waals surface area contributed by atoms with Crippen molar-refractivity contribution in [3.63, 3.8) is 0 Å². The second kappa shape index (κ2) is 8.40. The molecule has 29 heavy (non-hydrogen) atoms. The Hall–Kier alpha value is -3.92. The van der Waals surface area contributed by atoms with Crippen LogP contribution in [0, 0.1) is 10.1 Å². The first kappa shape index (κ1) is 19.8. The lowest BCUT2D eigenvalue weighted by atomic mass is 10.3. The minimum absolute atomic E-state index is 0.0638. The standard InChI is InChI=1S/C19H16N4O5S/c24-19(20-14-8-2-1-3-9-14)21-15-10-4-5-11-16(15)22-29(27,28)18-13-7-6-12-17(18)23(25)26/h1-13,22H,(H2,20,21,24). The number of carbonyl (C=O) groups is 1. The fourth-order valence-electron chi connectivity index (χ4n) is 2.52. The van der Waals surface area contributed by atoms with Gasteiger partial charge in [-0.15, -0.1) is 0 Å². The minimum atomic E-state index is -4.27. The summed E-state index contributed by atoms with van der Waals surface area (Å²) in [7, 11) is -4.27. The number of para-hydroxylation sites is 4. The molecule has 0 radical (unpaired) electrons. The number of sulfonamides is 1. The normalized spacial score (nSPS) is 10.8. The van der Waals surface area contributed by atoms with Gasteiger partial charge >= 0.3 is 6.03 Å². The van der Waals surface area contributed by atoms with Crippen molar-refractivity contribution < 1.29 is 18.1 Å². The van der Waals surface area contributed by atoms with Crippen LogP contribution in [0.25, 0.3) is 0 Å². The van der Waals surface area contributed by atoms with Crippen LogP contribution in [0.4, 0.5) is 27.5 Å². The zero-order chi connectivity index (χ0) is 20.9. The Morgan fingerprint density at radius 1 is 0.793 bits per heavy atom. The molecule has 0 aliphatic rings. The molecule has 0 spiro atoms. The zero-order valence-corrected chi connectivity index (χ0v) is 15.7. The number of amides is 2. The lowest BCUT2D eigenvalue weighted by Crippen LogP contribution is -2.21. The monoisotopic (exact) mass is 412 g/mol. The maximum Gasteiger partial charge on any atom is 0.323 e. The maximum absolute atomic E-state index is 12.7. The van der Waals surface area contributed by atoms with Gasteiger partial charge in [-0.05, 0) is 30.3 Å². The maximum atomic E-state index is 12.7. The van der Waals surface area contributed by atoms with Gasteiger partial charge in [-0.1, -0.05) is 42.5 Å². The topological polar surface area (TPSA) is 130 Å². The molecule has 0 atom stereocenters. The van der Waals surface area contributed by atoms with E-state index in [0.29, 0.717) is 5.69 Å². The first-order chi connectivity index (χ1) is 13.9. The molecule has 0 saturated carbocycles. The zero-order valence-electron chi connectivity index (χ0n) is 14.9. The van der Waals surface area contributed by atoms with Crippen molar-refractivity contribution in [1.29, 1.82) is 0 Å². The van der Waals surface area contributed by atoms with Gasteiger partial charge in [0.1, 0.15) is 0 Å². The summed E-state index contributed by atoms with van der Waals surface area (Å²) in [6.45, 7) is 0. The van der Waals surface area contributed by atoms with Crippen LogP contribution in [-0.4, -0.2) is 19.4 Å². The van der Waals surface area contributed by atoms with Crippen LogP contribution in [0.5, 0.6) is 0 Å². The Bertz CT molecular complexity index is 1150. The van der Waals surface area contributed by atoms with Crippen LogP contribution in [0.2, 0.25) is 0 Å². The number of nitrogens with zero attached hydrogens (tertiary/aromatic N) is 1. The molecule has 0 aromatic heterocycles. The average molecular weight is 412 g/mol. The van der Waals surface area contributed by atoms with Crippen molar-refractivity contribution in [2.75, 3.05) is 15.4 Å². The molecular formula is C19H16N4O5S. The second-order valence-electron chi connectivity index (χ2n) is 5.82. The van der Waals surface area contributed by atoms with E-state index >= 15 is 0 Å². The quantitative estimate of drug-likeness (QED) is 0.415. The molecule has 0 bridgehead atoms. The van der Waals surface area contributed by atoms with E-state index in [4.69, 9.17) is 0 Å². The molecule has 10 heteroatoms. The summed E-state index contributed by atoms with van der Waals surface area (Å²) in [6, 6.07) is 19.2. The number of urea groups is 1. The molecule has 0 saturated heterocycles. The molecule has 0 heterocycles. The number of rotatable bonds is 6. The van der Waals surface area contributed by atoms with E-state index < -0.39 is 31.6 Å². The van der Waals surface area contributed by atoms with Gasteiger partial charge in [-0.3, -0.25) is 14.8 Å². The Morgan fingerprint density at radius 2 is 1.38 bits per heavy atom. The van der Waals surface area contributed by atoms with E-state index in [-0.39, 0.29) is 11.4 Å². The summed E-state index contributed by atoms with van der Waals surface area (Å²) < 4.78 is 27.7. The van der Waals surface area contributed by atoms with Crippen LogP contribution in [0.1, 0.15) is 0 Å². The minimum Gasteiger partial charge on any atom is -0.308 e. The Labute approximate surface area is 166 Å². The number of anilines is 3. The molecule has 3 N–H and O–H groups in total. The van der Waals surface area contributed by atoms with Gasteiger partial charge in [0.2, 0.25) is 0 Å². The summed E-state index contributed by atoms with van der Waals surface area (Å²) in [4.78, 5) is 22.1. The number of nitro benzene ring substituents is 1. The Kier molecular flexibility index (Phi) is 5.74. The lowest BCUT2D eigenvalue weighted by molar-refractivity contribution is -0.387. The van der Waals surface area contributed by atoms with E-state index in [2.05, 4.69) is 15.4 Å².